The number of nitrogens with one attached hydrogen (secondary N) is 2. The maximum Gasteiger partial charge on any atom is 0.240 e. The van der Waals surface area contributed by atoms with Gasteiger partial charge in [-0.2, -0.15) is 5.26 Å². The van der Waals surface area contributed by atoms with Crippen LogP contribution in [0.3, 0.4) is 0 Å². The van der Waals surface area contributed by atoms with Crippen molar-refractivity contribution in [2.45, 2.75) is 19.8 Å². The topological polar surface area (TPSA) is 91.2 Å². The molecule has 0 saturated heterocycles. The molecule has 2 N–H and O–H groups in total. The highest BCUT2D eigenvalue weighted by molar-refractivity contribution is 6.17. The fraction of sp³-hybridized carbons (Fsp3) is 0.250. The third kappa shape index (κ3) is 3.24. The summed E-state index contributed by atoms with van der Waals surface area (Å²) in [6.07, 6.45) is 0.932. The van der Waals surface area contributed by atoms with Gasteiger partial charge >= 0.3 is 0 Å². The molecule has 0 radical (unpaired) electrons. The van der Waals surface area contributed by atoms with Gasteiger partial charge in [-0.05, 0) is 49.6 Å². The van der Waals surface area contributed by atoms with E-state index in [0.29, 0.717) is 35.5 Å². The Labute approximate surface area is 151 Å². The minimum absolute atomic E-state index is 0.359. The van der Waals surface area contributed by atoms with Crippen molar-refractivity contribution in [3.8, 4) is 11.8 Å². The normalized spacial score (nSPS) is 14.0. The Morgan fingerprint density at radius 1 is 1.08 bits per heavy atom. The number of hydrogen-bond donors (Lipinski definition) is 2. The molecule has 1 aliphatic carbocycles. The number of carbonyl (C=O) groups is 2. The highest BCUT2D eigenvalue weighted by Gasteiger charge is 2.56. The summed E-state index contributed by atoms with van der Waals surface area (Å²) in [5.74, 6) is -0.229. The summed E-state index contributed by atoms with van der Waals surface area (Å²) in [5.41, 5.74) is 1.16. The molecule has 3 rings (SSSR count). The number of hydrogen-bond acceptors (Lipinski definition) is 4. The molecule has 0 aliphatic heterocycles. The van der Waals surface area contributed by atoms with Crippen molar-refractivity contribution in [2.75, 3.05) is 17.7 Å². The Balaban J connectivity index is 1.78. The van der Waals surface area contributed by atoms with E-state index in [1.165, 1.54) is 7.11 Å². The molecule has 2 aromatic carbocycles. The first kappa shape index (κ1) is 17.5. The lowest BCUT2D eigenvalue weighted by atomic mass is 10.0. The number of anilines is 2. The average Bonchev–Trinajstić information content (AvgIpc) is 3.44. The summed E-state index contributed by atoms with van der Waals surface area (Å²) in [6.45, 7) is 1.91. The number of benzene rings is 2. The van der Waals surface area contributed by atoms with Gasteiger partial charge in [-0.15, -0.1) is 0 Å². The number of para-hydroxylation sites is 1. The van der Waals surface area contributed by atoms with Gasteiger partial charge in [0.2, 0.25) is 11.8 Å². The fourth-order valence-electron chi connectivity index (χ4n) is 2.78. The lowest BCUT2D eigenvalue weighted by Gasteiger charge is -2.17. The van der Waals surface area contributed by atoms with E-state index in [9.17, 15) is 9.59 Å². The summed E-state index contributed by atoms with van der Waals surface area (Å²) in [7, 11) is 1.53. The Kier molecular flexibility index (Phi) is 4.63. The molecule has 0 aromatic heterocycles. The van der Waals surface area contributed by atoms with Gasteiger partial charge in [-0.25, -0.2) is 0 Å². The van der Waals surface area contributed by atoms with Gasteiger partial charge < -0.3 is 15.4 Å². The number of nitrogens with zero attached hydrogens (tertiary/aromatic N) is 1. The van der Waals surface area contributed by atoms with Gasteiger partial charge in [-0.1, -0.05) is 18.2 Å². The van der Waals surface area contributed by atoms with Crippen molar-refractivity contribution in [2.24, 2.45) is 5.41 Å². The van der Waals surface area contributed by atoms with Gasteiger partial charge in [0.25, 0.3) is 0 Å². The molecule has 0 atom stereocenters. The van der Waals surface area contributed by atoms with E-state index in [1.54, 1.807) is 36.4 Å². The fourth-order valence-corrected chi connectivity index (χ4v) is 2.78. The first-order valence-corrected chi connectivity index (χ1v) is 8.27. The molecule has 2 aromatic rings. The number of amides is 2. The van der Waals surface area contributed by atoms with Gasteiger partial charge in [0.05, 0.1) is 24.0 Å². The second-order valence-corrected chi connectivity index (χ2v) is 6.35. The maximum absolute atomic E-state index is 12.8. The van der Waals surface area contributed by atoms with Crippen LogP contribution in [0.1, 0.15) is 24.0 Å². The number of rotatable bonds is 5. The van der Waals surface area contributed by atoms with E-state index in [0.717, 1.165) is 5.56 Å². The van der Waals surface area contributed by atoms with Crippen LogP contribution < -0.4 is 15.4 Å². The van der Waals surface area contributed by atoms with E-state index >= 15 is 0 Å². The van der Waals surface area contributed by atoms with E-state index in [4.69, 9.17) is 10.00 Å². The van der Waals surface area contributed by atoms with Crippen LogP contribution in [-0.4, -0.2) is 18.9 Å². The second-order valence-electron chi connectivity index (χ2n) is 6.35. The van der Waals surface area contributed by atoms with Crippen LogP contribution >= 0.6 is 0 Å². The van der Waals surface area contributed by atoms with Crippen LogP contribution in [0.25, 0.3) is 0 Å². The standard InChI is InChI=1S/C20H19N3O3/c1-13-7-8-17(26-2)16(11-13)23-19(25)20(9-10-20)18(24)22-15-6-4-3-5-14(15)12-21/h3-8,11H,9-10H2,1-2H3,(H,22,24)(H,23,25). The Morgan fingerprint density at radius 3 is 2.35 bits per heavy atom. The number of aryl methyl sites for hydroxylation is 1. The van der Waals surface area contributed by atoms with Crippen molar-refractivity contribution in [3.63, 3.8) is 0 Å². The zero-order chi connectivity index (χ0) is 18.7. The molecule has 132 valence electrons. The molecular weight excluding hydrogens is 330 g/mol. The Bertz CT molecular complexity index is 911. The molecule has 0 unspecified atom stereocenters. The summed E-state index contributed by atoms with van der Waals surface area (Å²) in [4.78, 5) is 25.5. The van der Waals surface area contributed by atoms with Gasteiger partial charge in [0, 0.05) is 0 Å². The first-order chi connectivity index (χ1) is 12.5. The lowest BCUT2D eigenvalue weighted by molar-refractivity contribution is -0.131. The minimum Gasteiger partial charge on any atom is -0.495 e. The quantitative estimate of drug-likeness (QED) is 0.811. The maximum atomic E-state index is 12.8. The average molecular weight is 349 g/mol. The number of methoxy groups -OCH3 is 1. The van der Waals surface area contributed by atoms with Crippen LogP contribution in [-0.2, 0) is 9.59 Å². The lowest BCUT2D eigenvalue weighted by Crippen LogP contribution is -2.36. The first-order valence-electron chi connectivity index (χ1n) is 8.27. The number of nitriles is 1. The van der Waals surface area contributed by atoms with Gasteiger partial charge in [0.1, 0.15) is 17.2 Å². The highest BCUT2D eigenvalue weighted by atomic mass is 16.5. The van der Waals surface area contributed by atoms with Crippen LogP contribution in [0.4, 0.5) is 11.4 Å². The Morgan fingerprint density at radius 2 is 1.73 bits per heavy atom. The minimum atomic E-state index is -1.11. The molecule has 6 heteroatoms. The molecular formula is C20H19N3O3. The van der Waals surface area contributed by atoms with Crippen molar-refractivity contribution < 1.29 is 14.3 Å². The third-order valence-corrected chi connectivity index (χ3v) is 4.52. The van der Waals surface area contributed by atoms with Crippen LogP contribution in [0, 0.1) is 23.7 Å². The highest BCUT2D eigenvalue weighted by Crippen LogP contribution is 2.48. The van der Waals surface area contributed by atoms with Crippen LogP contribution in [0.5, 0.6) is 5.75 Å². The van der Waals surface area contributed by atoms with Crippen molar-refractivity contribution in [3.05, 3.63) is 53.6 Å². The predicted molar refractivity (Wildman–Crippen MR) is 97.8 cm³/mol. The summed E-state index contributed by atoms with van der Waals surface area (Å²) < 4.78 is 5.27. The summed E-state index contributed by atoms with van der Waals surface area (Å²) >= 11 is 0. The summed E-state index contributed by atoms with van der Waals surface area (Å²) in [6, 6.07) is 14.2. The zero-order valence-corrected chi connectivity index (χ0v) is 14.6. The molecule has 1 aliphatic rings. The molecule has 1 fully saturated rings. The van der Waals surface area contributed by atoms with E-state index in [1.807, 2.05) is 19.1 Å². The predicted octanol–water partition coefficient (Wildman–Crippen LogP) is 3.23. The molecule has 0 spiro atoms. The molecule has 0 heterocycles. The smallest absolute Gasteiger partial charge is 0.240 e. The molecule has 0 bridgehead atoms. The van der Waals surface area contributed by atoms with Crippen LogP contribution in [0.2, 0.25) is 0 Å². The zero-order valence-electron chi connectivity index (χ0n) is 14.6. The number of carbonyl (C=O) groups excluding carboxylic acids is 2. The van der Waals surface area contributed by atoms with Crippen LogP contribution in [0.15, 0.2) is 42.5 Å². The monoisotopic (exact) mass is 349 g/mol. The largest absolute Gasteiger partial charge is 0.495 e. The summed E-state index contributed by atoms with van der Waals surface area (Å²) in [5, 5.41) is 14.7. The third-order valence-electron chi connectivity index (χ3n) is 4.52. The molecule has 26 heavy (non-hydrogen) atoms. The van der Waals surface area contributed by atoms with Gasteiger partial charge in [-0.3, -0.25) is 9.59 Å². The second kappa shape index (κ2) is 6.89. The van der Waals surface area contributed by atoms with Crippen molar-refractivity contribution in [1.82, 2.24) is 0 Å². The molecule has 2 amide bonds. The van der Waals surface area contributed by atoms with E-state index < -0.39 is 11.3 Å². The molecule has 6 nitrogen and oxygen atoms in total. The molecule has 1 saturated carbocycles. The van der Waals surface area contributed by atoms with E-state index in [2.05, 4.69) is 10.6 Å². The Hall–Kier alpha value is -3.33. The number of ether oxygens (including phenoxy) is 1. The SMILES string of the molecule is COc1ccc(C)cc1NC(=O)C1(C(=O)Nc2ccccc2C#N)CC1. The van der Waals surface area contributed by atoms with E-state index in [-0.39, 0.29) is 5.91 Å². The van der Waals surface area contributed by atoms with Crippen molar-refractivity contribution in [1.29, 1.82) is 5.26 Å². The van der Waals surface area contributed by atoms with Gasteiger partial charge in [0.15, 0.2) is 0 Å². The van der Waals surface area contributed by atoms with Crippen molar-refractivity contribution >= 4 is 23.2 Å².